The Morgan fingerprint density at radius 2 is 2.00 bits per heavy atom. The molecule has 3 rings (SSSR count). The lowest BCUT2D eigenvalue weighted by atomic mass is 9.92. The first-order valence-electron chi connectivity index (χ1n) is 7.15. The van der Waals surface area contributed by atoms with Gasteiger partial charge in [0.25, 0.3) is 0 Å². The molecular weight excluding hydrogens is 194 g/mol. The maximum absolute atomic E-state index is 3.85. The number of hydrogen-bond donors (Lipinski definition) is 1. The Kier molecular flexibility index (Phi) is 2.83. The topological polar surface area (TPSA) is 12.0 Å². The second kappa shape index (κ2) is 4.18. The first kappa shape index (κ1) is 10.8. The minimum absolute atomic E-state index is 0.804. The van der Waals surface area contributed by atoms with Crippen molar-refractivity contribution >= 4 is 0 Å². The highest BCUT2D eigenvalue weighted by Crippen LogP contribution is 2.43. The van der Waals surface area contributed by atoms with Gasteiger partial charge in [-0.2, -0.15) is 0 Å². The molecule has 6 unspecified atom stereocenters. The molecule has 0 aromatic rings. The fraction of sp³-hybridized carbons (Fsp3) is 0.867. The number of allylic oxidation sites excluding steroid dienone is 2. The highest BCUT2D eigenvalue weighted by Gasteiger charge is 2.36. The van der Waals surface area contributed by atoms with E-state index in [0.29, 0.717) is 0 Å². The van der Waals surface area contributed by atoms with Gasteiger partial charge in [-0.1, -0.05) is 26.0 Å². The summed E-state index contributed by atoms with van der Waals surface area (Å²) in [5, 5.41) is 3.85. The molecule has 3 aliphatic rings. The van der Waals surface area contributed by atoms with Crippen molar-refractivity contribution in [3.8, 4) is 0 Å². The van der Waals surface area contributed by atoms with Crippen LogP contribution >= 0.6 is 0 Å². The van der Waals surface area contributed by atoms with Gasteiger partial charge in [0.05, 0.1) is 0 Å². The van der Waals surface area contributed by atoms with E-state index in [0.717, 1.165) is 35.6 Å². The van der Waals surface area contributed by atoms with Crippen LogP contribution in [0.25, 0.3) is 0 Å². The van der Waals surface area contributed by atoms with Crippen LogP contribution in [-0.4, -0.2) is 12.6 Å². The van der Waals surface area contributed by atoms with E-state index in [-0.39, 0.29) is 0 Å². The van der Waals surface area contributed by atoms with Gasteiger partial charge in [-0.15, -0.1) is 0 Å². The minimum atomic E-state index is 0.804. The van der Waals surface area contributed by atoms with E-state index < -0.39 is 0 Å². The normalized spacial score (nSPS) is 50.4. The zero-order chi connectivity index (χ0) is 11.1. The molecule has 90 valence electrons. The largest absolute Gasteiger partial charge is 0.313 e. The standard InChI is InChI=1S/C15H25N/c1-10-3-6-15(11(10)2)16-9-14-8-12-4-5-13(14)7-12/h4-5,10-16H,3,6-9H2,1-2H3. The predicted octanol–water partition coefficient (Wildman–Crippen LogP) is 3.22. The number of fused-ring (bicyclic) bond motifs is 2. The Morgan fingerprint density at radius 1 is 1.12 bits per heavy atom. The summed E-state index contributed by atoms with van der Waals surface area (Å²) in [5.41, 5.74) is 0. The van der Waals surface area contributed by atoms with Gasteiger partial charge < -0.3 is 5.32 Å². The summed E-state index contributed by atoms with van der Waals surface area (Å²) in [7, 11) is 0. The van der Waals surface area contributed by atoms with E-state index in [9.17, 15) is 0 Å². The average Bonchev–Trinajstić information content (AvgIpc) is 2.95. The van der Waals surface area contributed by atoms with Gasteiger partial charge in [-0.3, -0.25) is 0 Å². The lowest BCUT2D eigenvalue weighted by Gasteiger charge is -2.24. The van der Waals surface area contributed by atoms with Crippen molar-refractivity contribution in [1.82, 2.24) is 5.32 Å². The second-order valence-electron chi connectivity index (χ2n) is 6.47. The highest BCUT2D eigenvalue weighted by atomic mass is 14.9. The molecule has 0 saturated heterocycles. The lowest BCUT2D eigenvalue weighted by Crippen LogP contribution is -2.36. The molecule has 0 radical (unpaired) electrons. The predicted molar refractivity (Wildman–Crippen MR) is 68.2 cm³/mol. The van der Waals surface area contributed by atoms with Gasteiger partial charge in [-0.25, -0.2) is 0 Å². The van der Waals surface area contributed by atoms with Crippen molar-refractivity contribution in [2.45, 2.75) is 45.6 Å². The molecule has 2 saturated carbocycles. The zero-order valence-corrected chi connectivity index (χ0v) is 10.7. The van der Waals surface area contributed by atoms with Crippen LogP contribution in [0.2, 0.25) is 0 Å². The highest BCUT2D eigenvalue weighted by molar-refractivity contribution is 5.10. The number of hydrogen-bond acceptors (Lipinski definition) is 1. The lowest BCUT2D eigenvalue weighted by molar-refractivity contribution is 0.329. The quantitative estimate of drug-likeness (QED) is 0.719. The van der Waals surface area contributed by atoms with Gasteiger partial charge in [0.2, 0.25) is 0 Å². The third kappa shape index (κ3) is 1.84. The van der Waals surface area contributed by atoms with E-state index in [1.54, 1.807) is 0 Å². The maximum Gasteiger partial charge on any atom is 0.00954 e. The number of rotatable bonds is 3. The third-order valence-corrected chi connectivity index (χ3v) is 5.52. The first-order chi connectivity index (χ1) is 7.74. The molecule has 1 N–H and O–H groups in total. The van der Waals surface area contributed by atoms with Crippen LogP contribution in [0, 0.1) is 29.6 Å². The molecule has 2 bridgehead atoms. The van der Waals surface area contributed by atoms with Gasteiger partial charge >= 0.3 is 0 Å². The molecule has 6 atom stereocenters. The molecule has 0 spiro atoms. The van der Waals surface area contributed by atoms with Crippen LogP contribution in [0.15, 0.2) is 12.2 Å². The zero-order valence-electron chi connectivity index (χ0n) is 10.7. The molecule has 0 heterocycles. The smallest absolute Gasteiger partial charge is 0.00954 e. The Balaban J connectivity index is 1.49. The molecule has 2 fully saturated rings. The van der Waals surface area contributed by atoms with E-state index >= 15 is 0 Å². The van der Waals surface area contributed by atoms with Crippen LogP contribution < -0.4 is 5.32 Å². The van der Waals surface area contributed by atoms with E-state index in [1.807, 2.05) is 0 Å². The monoisotopic (exact) mass is 219 g/mol. The summed E-state index contributed by atoms with van der Waals surface area (Å²) in [6.45, 7) is 6.11. The van der Waals surface area contributed by atoms with Crippen molar-refractivity contribution in [2.75, 3.05) is 6.54 Å². The van der Waals surface area contributed by atoms with E-state index in [1.165, 1.54) is 32.2 Å². The third-order valence-electron chi connectivity index (χ3n) is 5.52. The average molecular weight is 219 g/mol. The molecule has 0 aliphatic heterocycles. The van der Waals surface area contributed by atoms with Crippen molar-refractivity contribution in [1.29, 1.82) is 0 Å². The Morgan fingerprint density at radius 3 is 2.56 bits per heavy atom. The van der Waals surface area contributed by atoms with Crippen LogP contribution in [0.1, 0.15) is 39.5 Å². The summed E-state index contributed by atoms with van der Waals surface area (Å²) < 4.78 is 0. The second-order valence-corrected chi connectivity index (χ2v) is 6.47. The summed E-state index contributed by atoms with van der Waals surface area (Å²) in [5.74, 6) is 4.59. The van der Waals surface area contributed by atoms with E-state index in [4.69, 9.17) is 0 Å². The van der Waals surface area contributed by atoms with Gasteiger partial charge in [0.1, 0.15) is 0 Å². The molecular formula is C15H25N. The number of nitrogens with one attached hydrogen (secondary N) is 1. The summed E-state index contributed by atoms with van der Waals surface area (Å²) in [6.07, 6.45) is 10.6. The van der Waals surface area contributed by atoms with Crippen LogP contribution in [0.5, 0.6) is 0 Å². The molecule has 0 amide bonds. The fourth-order valence-electron chi connectivity index (χ4n) is 4.08. The molecule has 1 nitrogen and oxygen atoms in total. The van der Waals surface area contributed by atoms with Crippen LogP contribution in [0.4, 0.5) is 0 Å². The van der Waals surface area contributed by atoms with Gasteiger partial charge in [0.15, 0.2) is 0 Å². The van der Waals surface area contributed by atoms with Gasteiger partial charge in [0, 0.05) is 6.04 Å². The van der Waals surface area contributed by atoms with Crippen molar-refractivity contribution < 1.29 is 0 Å². The van der Waals surface area contributed by atoms with Crippen molar-refractivity contribution in [2.24, 2.45) is 29.6 Å². The molecule has 16 heavy (non-hydrogen) atoms. The maximum atomic E-state index is 3.85. The SMILES string of the molecule is CC1CCC(NCC2CC3C=CC2C3)C1C. The molecule has 0 aromatic carbocycles. The van der Waals surface area contributed by atoms with E-state index in [2.05, 4.69) is 31.3 Å². The van der Waals surface area contributed by atoms with Crippen LogP contribution in [-0.2, 0) is 0 Å². The Labute approximate surface area is 99.7 Å². The first-order valence-corrected chi connectivity index (χ1v) is 7.15. The molecule has 3 aliphatic carbocycles. The van der Waals surface area contributed by atoms with Crippen molar-refractivity contribution in [3.05, 3.63) is 12.2 Å². The molecule has 1 heteroatoms. The fourth-order valence-corrected chi connectivity index (χ4v) is 4.08. The summed E-state index contributed by atoms with van der Waals surface area (Å²) in [4.78, 5) is 0. The van der Waals surface area contributed by atoms with Crippen molar-refractivity contribution in [3.63, 3.8) is 0 Å². The summed E-state index contributed by atoms with van der Waals surface area (Å²) >= 11 is 0. The Bertz CT molecular complexity index is 283. The molecule has 0 aromatic heterocycles. The van der Waals surface area contributed by atoms with Gasteiger partial charge in [-0.05, 0) is 61.8 Å². The van der Waals surface area contributed by atoms with Crippen LogP contribution in [0.3, 0.4) is 0 Å². The summed E-state index contributed by atoms with van der Waals surface area (Å²) in [6, 6.07) is 0.804. The Hall–Kier alpha value is -0.300. The minimum Gasteiger partial charge on any atom is -0.313 e.